The van der Waals surface area contributed by atoms with Gasteiger partial charge in [-0.2, -0.15) is 5.10 Å². The average Bonchev–Trinajstić information content (AvgIpc) is 3.24. The van der Waals surface area contributed by atoms with Crippen LogP contribution in [0.5, 0.6) is 5.75 Å². The number of nitrogens with zero attached hydrogens (tertiary/aromatic N) is 2. The summed E-state index contributed by atoms with van der Waals surface area (Å²) < 4.78 is 6.08. The zero-order chi connectivity index (χ0) is 20.4. The minimum absolute atomic E-state index is 0.127. The van der Waals surface area contributed by atoms with Gasteiger partial charge in [-0.25, -0.2) is 0 Å². The van der Waals surface area contributed by atoms with Gasteiger partial charge >= 0.3 is 0 Å². The predicted octanol–water partition coefficient (Wildman–Crippen LogP) is 4.86. The van der Waals surface area contributed by atoms with Crippen molar-refractivity contribution < 1.29 is 4.74 Å². The lowest BCUT2D eigenvalue weighted by Crippen LogP contribution is -2.28. The number of aromatic nitrogens is 2. The van der Waals surface area contributed by atoms with Gasteiger partial charge in [-0.15, -0.1) is 5.10 Å². The Morgan fingerprint density at radius 1 is 1.14 bits per heavy atom. The summed E-state index contributed by atoms with van der Waals surface area (Å²) in [4.78, 5) is 0. The van der Waals surface area contributed by atoms with Gasteiger partial charge in [0.15, 0.2) is 5.82 Å². The molecule has 4 rings (SSSR count). The van der Waals surface area contributed by atoms with E-state index in [0.29, 0.717) is 12.6 Å². The van der Waals surface area contributed by atoms with E-state index in [2.05, 4.69) is 71.9 Å². The molecular formula is C24H30N4O. The van der Waals surface area contributed by atoms with E-state index < -0.39 is 0 Å². The van der Waals surface area contributed by atoms with Gasteiger partial charge in [-0.1, -0.05) is 18.2 Å². The number of hydrogen-bond donors (Lipinski definition) is 2. The quantitative estimate of drug-likeness (QED) is 0.629. The van der Waals surface area contributed by atoms with Gasteiger partial charge < -0.3 is 15.4 Å². The summed E-state index contributed by atoms with van der Waals surface area (Å²) in [6.45, 7) is 10.3. The Balaban J connectivity index is 1.61. The average molecular weight is 391 g/mol. The summed E-state index contributed by atoms with van der Waals surface area (Å²) in [5.74, 6) is 1.67. The molecular weight excluding hydrogens is 360 g/mol. The summed E-state index contributed by atoms with van der Waals surface area (Å²) in [6.07, 6.45) is 2.41. The Kier molecular flexibility index (Phi) is 5.67. The zero-order valence-corrected chi connectivity index (χ0v) is 17.7. The van der Waals surface area contributed by atoms with Gasteiger partial charge in [0.25, 0.3) is 0 Å². The molecule has 0 aliphatic carbocycles. The fourth-order valence-electron chi connectivity index (χ4n) is 4.09. The van der Waals surface area contributed by atoms with Crippen molar-refractivity contribution >= 4 is 16.6 Å². The van der Waals surface area contributed by atoms with E-state index in [0.717, 1.165) is 34.6 Å². The lowest BCUT2D eigenvalue weighted by molar-refractivity contribution is 0.277. The molecule has 1 aliphatic heterocycles. The number of anilines is 1. The van der Waals surface area contributed by atoms with E-state index in [1.54, 1.807) is 0 Å². The van der Waals surface area contributed by atoms with E-state index in [4.69, 9.17) is 4.74 Å². The van der Waals surface area contributed by atoms with Crippen LogP contribution >= 0.6 is 0 Å². The number of benzene rings is 2. The molecule has 152 valence electrons. The molecule has 1 aliphatic rings. The second-order valence-electron chi connectivity index (χ2n) is 8.10. The molecule has 2 atom stereocenters. The first-order valence-electron chi connectivity index (χ1n) is 10.5. The van der Waals surface area contributed by atoms with E-state index in [1.807, 2.05) is 13.0 Å². The van der Waals surface area contributed by atoms with Gasteiger partial charge in [-0.05, 0) is 82.0 Å². The van der Waals surface area contributed by atoms with Crippen LogP contribution in [0.2, 0.25) is 0 Å². The van der Waals surface area contributed by atoms with E-state index in [1.165, 1.54) is 29.5 Å². The van der Waals surface area contributed by atoms with E-state index >= 15 is 0 Å². The van der Waals surface area contributed by atoms with Crippen LogP contribution in [0.15, 0.2) is 36.4 Å². The monoisotopic (exact) mass is 390 g/mol. The largest absolute Gasteiger partial charge is 0.492 e. The molecule has 5 nitrogen and oxygen atoms in total. The Morgan fingerprint density at radius 3 is 2.79 bits per heavy atom. The number of hydrogen-bond acceptors (Lipinski definition) is 5. The van der Waals surface area contributed by atoms with Gasteiger partial charge in [-0.3, -0.25) is 0 Å². The summed E-state index contributed by atoms with van der Waals surface area (Å²) in [7, 11) is 0. The van der Waals surface area contributed by atoms with E-state index in [-0.39, 0.29) is 6.04 Å². The highest BCUT2D eigenvalue weighted by molar-refractivity contribution is 5.94. The number of nitrogens with one attached hydrogen (secondary N) is 2. The number of aryl methyl sites for hydroxylation is 2. The van der Waals surface area contributed by atoms with Crippen LogP contribution in [0.25, 0.3) is 10.8 Å². The molecule has 0 bridgehead atoms. The molecule has 0 spiro atoms. The molecule has 1 fully saturated rings. The van der Waals surface area contributed by atoms with Crippen molar-refractivity contribution in [3.8, 4) is 5.75 Å². The van der Waals surface area contributed by atoms with Crippen molar-refractivity contribution in [3.05, 3.63) is 58.8 Å². The number of rotatable bonds is 6. The third kappa shape index (κ3) is 4.20. The minimum atomic E-state index is 0.127. The fourth-order valence-corrected chi connectivity index (χ4v) is 4.09. The first-order valence-corrected chi connectivity index (χ1v) is 10.5. The Bertz CT molecular complexity index is 1010. The molecule has 0 radical (unpaired) electrons. The second-order valence-corrected chi connectivity index (χ2v) is 8.10. The highest BCUT2D eigenvalue weighted by atomic mass is 16.5. The van der Waals surface area contributed by atoms with Crippen molar-refractivity contribution in [3.63, 3.8) is 0 Å². The molecule has 5 heteroatoms. The van der Waals surface area contributed by atoms with Crippen LogP contribution in [0, 0.1) is 20.8 Å². The van der Waals surface area contributed by atoms with Gasteiger partial charge in [0.2, 0.25) is 0 Å². The molecule has 2 N–H and O–H groups in total. The minimum Gasteiger partial charge on any atom is -0.492 e. The van der Waals surface area contributed by atoms with Gasteiger partial charge in [0.1, 0.15) is 12.4 Å². The highest BCUT2D eigenvalue weighted by Gasteiger charge is 2.16. The molecule has 1 aromatic heterocycles. The zero-order valence-electron chi connectivity index (χ0n) is 17.7. The Morgan fingerprint density at radius 2 is 2.00 bits per heavy atom. The van der Waals surface area contributed by atoms with Gasteiger partial charge in [0.05, 0.1) is 11.7 Å². The summed E-state index contributed by atoms with van der Waals surface area (Å²) >= 11 is 0. The maximum Gasteiger partial charge on any atom is 0.157 e. The van der Waals surface area contributed by atoms with Crippen LogP contribution in [0.1, 0.15) is 48.2 Å². The molecule has 1 saturated heterocycles. The molecule has 0 saturated carbocycles. The van der Waals surface area contributed by atoms with Crippen molar-refractivity contribution in [2.75, 3.05) is 18.5 Å². The van der Waals surface area contributed by atoms with Crippen molar-refractivity contribution in [2.45, 2.75) is 52.6 Å². The van der Waals surface area contributed by atoms with Crippen LogP contribution in [0.3, 0.4) is 0 Å². The molecule has 29 heavy (non-hydrogen) atoms. The van der Waals surface area contributed by atoms with Gasteiger partial charge in [0, 0.05) is 16.8 Å². The van der Waals surface area contributed by atoms with Crippen molar-refractivity contribution in [1.82, 2.24) is 15.5 Å². The lowest BCUT2D eigenvalue weighted by Gasteiger charge is -2.20. The second kappa shape index (κ2) is 8.37. The molecule has 2 aromatic carbocycles. The van der Waals surface area contributed by atoms with Crippen LogP contribution < -0.4 is 15.4 Å². The first-order chi connectivity index (χ1) is 14.0. The third-order valence-corrected chi connectivity index (χ3v) is 6.02. The maximum atomic E-state index is 6.08. The molecule has 2 heterocycles. The number of fused-ring (bicyclic) bond motifs is 1. The molecule has 0 amide bonds. The summed E-state index contributed by atoms with van der Waals surface area (Å²) in [5.41, 5.74) is 4.81. The number of ether oxygens (including phenoxy) is 1. The molecule has 3 aromatic rings. The third-order valence-electron chi connectivity index (χ3n) is 6.02. The first kappa shape index (κ1) is 19.6. The smallest absolute Gasteiger partial charge is 0.157 e. The van der Waals surface area contributed by atoms with Crippen LogP contribution in [-0.4, -0.2) is 29.4 Å². The summed E-state index contributed by atoms with van der Waals surface area (Å²) in [5, 5.41) is 18.0. The summed E-state index contributed by atoms with van der Waals surface area (Å²) in [6, 6.07) is 13.2. The normalized spacial score (nSPS) is 17.4. The fraction of sp³-hybridized carbons (Fsp3) is 0.417. The maximum absolute atomic E-state index is 6.08. The Labute approximate surface area is 172 Å². The van der Waals surface area contributed by atoms with Crippen LogP contribution in [-0.2, 0) is 0 Å². The standard InChI is InChI=1S/C24H30N4O/c1-15-7-5-9-21(16(15)2)17(3)26-24-23-13-20(29-14-19-8-6-12-25-19)10-11-22(23)18(4)27-28-24/h5,7,9-11,13,17,19,25H,6,8,12,14H2,1-4H3,(H,26,28)/t17-,19+/m1/s1. The highest BCUT2D eigenvalue weighted by Crippen LogP contribution is 2.30. The van der Waals surface area contributed by atoms with E-state index in [9.17, 15) is 0 Å². The SMILES string of the molecule is Cc1cccc([C@@H](C)Nc2nnc(C)c3ccc(OC[C@@H]4CCCN4)cc23)c1C. The van der Waals surface area contributed by atoms with Crippen molar-refractivity contribution in [1.29, 1.82) is 0 Å². The molecule has 0 unspecified atom stereocenters. The predicted molar refractivity (Wildman–Crippen MR) is 119 cm³/mol. The van der Waals surface area contributed by atoms with Crippen LogP contribution in [0.4, 0.5) is 5.82 Å². The Hall–Kier alpha value is -2.66. The lowest BCUT2D eigenvalue weighted by atomic mass is 9.98. The van der Waals surface area contributed by atoms with Crippen molar-refractivity contribution in [2.24, 2.45) is 0 Å². The topological polar surface area (TPSA) is 59.1 Å².